The third-order valence-electron chi connectivity index (χ3n) is 1.76. The van der Waals surface area contributed by atoms with E-state index >= 15 is 0 Å². The Hall–Kier alpha value is -1.35. The molecule has 0 aromatic heterocycles. The van der Waals surface area contributed by atoms with Gasteiger partial charge in [-0.2, -0.15) is 0 Å². The average molecular weight is 178 g/mol. The van der Waals surface area contributed by atoms with Crippen molar-refractivity contribution in [1.82, 2.24) is 0 Å². The highest BCUT2D eigenvalue weighted by Crippen LogP contribution is 2.09. The van der Waals surface area contributed by atoms with E-state index in [0.717, 1.165) is 17.8 Å². The molecule has 70 valence electrons. The smallest absolute Gasteiger partial charge is 0.159 e. The lowest BCUT2D eigenvalue weighted by Crippen LogP contribution is -2.12. The number of hydrogen-bond acceptors (Lipinski definition) is 3. The van der Waals surface area contributed by atoms with Crippen molar-refractivity contribution in [3.63, 3.8) is 0 Å². The minimum Gasteiger partial charge on any atom is -0.384 e. The number of carbonyl (C=O) groups excluding carboxylic acids is 1. The van der Waals surface area contributed by atoms with Gasteiger partial charge in [-0.25, -0.2) is 0 Å². The Morgan fingerprint density at radius 1 is 1.38 bits per heavy atom. The Labute approximate surface area is 77.9 Å². The molecule has 3 nitrogen and oxygen atoms in total. The van der Waals surface area contributed by atoms with Crippen LogP contribution >= 0.6 is 0 Å². The van der Waals surface area contributed by atoms with Crippen LogP contribution in [0.1, 0.15) is 17.3 Å². The first-order chi connectivity index (χ1) is 6.24. The molecule has 0 aliphatic rings. The Morgan fingerprint density at radius 3 is 2.46 bits per heavy atom. The van der Waals surface area contributed by atoms with Crippen LogP contribution in [0.25, 0.3) is 0 Å². The average Bonchev–Trinajstić information content (AvgIpc) is 2.15. The van der Waals surface area contributed by atoms with E-state index in [9.17, 15) is 4.79 Å². The molecule has 13 heavy (non-hydrogen) atoms. The second-order valence-electron chi connectivity index (χ2n) is 2.85. The number of benzene rings is 1. The minimum absolute atomic E-state index is 0.0883. The molecule has 0 saturated heterocycles. The maximum absolute atomic E-state index is 10.9. The molecule has 1 aromatic carbocycles. The molecule has 0 bridgehead atoms. The lowest BCUT2D eigenvalue weighted by Gasteiger charge is -2.04. The summed E-state index contributed by atoms with van der Waals surface area (Å²) in [4.78, 5) is 10.9. The normalized spacial score (nSPS) is 9.69. The Morgan fingerprint density at radius 2 is 2.00 bits per heavy atom. The highest BCUT2D eigenvalue weighted by Gasteiger charge is 1.97. The van der Waals surface area contributed by atoms with E-state index in [0.29, 0.717) is 6.54 Å². The number of nitrogens with two attached hydrogens (primary N) is 1. The van der Waals surface area contributed by atoms with Gasteiger partial charge in [0.15, 0.2) is 5.78 Å². The monoisotopic (exact) mass is 178 g/mol. The maximum Gasteiger partial charge on any atom is 0.159 e. The van der Waals surface area contributed by atoms with Crippen LogP contribution in [-0.4, -0.2) is 18.9 Å². The minimum atomic E-state index is 0.0883. The van der Waals surface area contributed by atoms with Crippen LogP contribution < -0.4 is 11.1 Å². The van der Waals surface area contributed by atoms with Crippen molar-refractivity contribution >= 4 is 11.5 Å². The van der Waals surface area contributed by atoms with E-state index in [1.54, 1.807) is 19.1 Å². The summed E-state index contributed by atoms with van der Waals surface area (Å²) in [5.74, 6) is 0.0883. The van der Waals surface area contributed by atoms with Crippen molar-refractivity contribution in [1.29, 1.82) is 0 Å². The van der Waals surface area contributed by atoms with Gasteiger partial charge in [-0.05, 0) is 31.2 Å². The third kappa shape index (κ3) is 2.87. The van der Waals surface area contributed by atoms with Gasteiger partial charge in [-0.15, -0.1) is 0 Å². The summed E-state index contributed by atoms with van der Waals surface area (Å²) in [5, 5.41) is 3.12. The zero-order valence-corrected chi connectivity index (χ0v) is 7.71. The Balaban J connectivity index is 2.64. The van der Waals surface area contributed by atoms with Gasteiger partial charge in [0.25, 0.3) is 0 Å². The highest BCUT2D eigenvalue weighted by atomic mass is 16.1. The summed E-state index contributed by atoms with van der Waals surface area (Å²) in [5.41, 5.74) is 7.07. The number of carbonyl (C=O) groups is 1. The van der Waals surface area contributed by atoms with E-state index in [1.807, 2.05) is 12.1 Å². The number of rotatable bonds is 4. The van der Waals surface area contributed by atoms with Crippen LogP contribution in [0, 0.1) is 0 Å². The highest BCUT2D eigenvalue weighted by molar-refractivity contribution is 5.94. The standard InChI is InChI=1S/C10H14N2O/c1-8(13)9-2-4-10(5-3-9)12-7-6-11/h2-5,12H,6-7,11H2,1H3. The van der Waals surface area contributed by atoms with Gasteiger partial charge < -0.3 is 11.1 Å². The van der Waals surface area contributed by atoms with Crippen LogP contribution in [-0.2, 0) is 0 Å². The number of ketones is 1. The lowest BCUT2D eigenvalue weighted by molar-refractivity contribution is 0.101. The fourth-order valence-electron chi connectivity index (χ4n) is 1.04. The molecule has 0 atom stereocenters. The van der Waals surface area contributed by atoms with Crippen molar-refractivity contribution < 1.29 is 4.79 Å². The number of hydrogen-bond donors (Lipinski definition) is 2. The third-order valence-corrected chi connectivity index (χ3v) is 1.76. The molecular weight excluding hydrogens is 164 g/mol. The molecule has 1 rings (SSSR count). The summed E-state index contributed by atoms with van der Waals surface area (Å²) < 4.78 is 0. The molecule has 0 heterocycles. The molecule has 3 heteroatoms. The molecule has 0 fully saturated rings. The molecular formula is C10H14N2O. The maximum atomic E-state index is 10.9. The molecule has 0 radical (unpaired) electrons. The van der Waals surface area contributed by atoms with Crippen LogP contribution in [0.2, 0.25) is 0 Å². The SMILES string of the molecule is CC(=O)c1ccc(NCCN)cc1. The summed E-state index contributed by atoms with van der Waals surface area (Å²) in [6, 6.07) is 7.38. The molecule has 0 unspecified atom stereocenters. The van der Waals surface area contributed by atoms with Crippen LogP contribution in [0.15, 0.2) is 24.3 Å². The number of anilines is 1. The van der Waals surface area contributed by atoms with E-state index in [-0.39, 0.29) is 5.78 Å². The van der Waals surface area contributed by atoms with Gasteiger partial charge in [0, 0.05) is 24.3 Å². The van der Waals surface area contributed by atoms with Crippen molar-refractivity contribution in [2.24, 2.45) is 5.73 Å². The van der Waals surface area contributed by atoms with Crippen LogP contribution in [0.5, 0.6) is 0 Å². The Bertz CT molecular complexity index is 279. The van der Waals surface area contributed by atoms with E-state index in [1.165, 1.54) is 0 Å². The first kappa shape index (κ1) is 9.74. The molecule has 3 N–H and O–H groups in total. The summed E-state index contributed by atoms with van der Waals surface area (Å²) in [7, 11) is 0. The Kier molecular flexibility index (Phi) is 3.46. The lowest BCUT2D eigenvalue weighted by atomic mass is 10.1. The topological polar surface area (TPSA) is 55.1 Å². The quantitative estimate of drug-likeness (QED) is 0.682. The van der Waals surface area contributed by atoms with Gasteiger partial charge >= 0.3 is 0 Å². The molecule has 0 aliphatic carbocycles. The van der Waals surface area contributed by atoms with Crippen LogP contribution in [0.3, 0.4) is 0 Å². The molecule has 0 aliphatic heterocycles. The van der Waals surface area contributed by atoms with Gasteiger partial charge in [0.2, 0.25) is 0 Å². The summed E-state index contributed by atoms with van der Waals surface area (Å²) in [6.07, 6.45) is 0. The number of Topliss-reactive ketones (excluding diaryl/α,β-unsaturated/α-hetero) is 1. The van der Waals surface area contributed by atoms with Crippen molar-refractivity contribution in [3.05, 3.63) is 29.8 Å². The molecule has 0 saturated carbocycles. The summed E-state index contributed by atoms with van der Waals surface area (Å²) in [6.45, 7) is 2.91. The zero-order valence-electron chi connectivity index (χ0n) is 7.71. The first-order valence-corrected chi connectivity index (χ1v) is 4.29. The fraction of sp³-hybridized carbons (Fsp3) is 0.300. The van der Waals surface area contributed by atoms with Gasteiger partial charge in [0.1, 0.15) is 0 Å². The van der Waals surface area contributed by atoms with Gasteiger partial charge in [0.05, 0.1) is 0 Å². The second kappa shape index (κ2) is 4.62. The van der Waals surface area contributed by atoms with Crippen LogP contribution in [0.4, 0.5) is 5.69 Å². The second-order valence-corrected chi connectivity index (χ2v) is 2.85. The zero-order chi connectivity index (χ0) is 9.68. The number of nitrogens with one attached hydrogen (secondary N) is 1. The first-order valence-electron chi connectivity index (χ1n) is 4.29. The predicted octanol–water partition coefficient (Wildman–Crippen LogP) is 1.26. The van der Waals surface area contributed by atoms with E-state index in [2.05, 4.69) is 5.32 Å². The predicted molar refractivity (Wildman–Crippen MR) is 54.0 cm³/mol. The van der Waals surface area contributed by atoms with Crippen molar-refractivity contribution in [2.75, 3.05) is 18.4 Å². The van der Waals surface area contributed by atoms with Gasteiger partial charge in [-0.3, -0.25) is 4.79 Å². The van der Waals surface area contributed by atoms with Crippen molar-refractivity contribution in [2.45, 2.75) is 6.92 Å². The van der Waals surface area contributed by atoms with Gasteiger partial charge in [-0.1, -0.05) is 0 Å². The van der Waals surface area contributed by atoms with Crippen molar-refractivity contribution in [3.8, 4) is 0 Å². The fourth-order valence-corrected chi connectivity index (χ4v) is 1.04. The molecule has 0 amide bonds. The largest absolute Gasteiger partial charge is 0.384 e. The van der Waals surface area contributed by atoms with E-state index < -0.39 is 0 Å². The van der Waals surface area contributed by atoms with E-state index in [4.69, 9.17) is 5.73 Å². The molecule has 1 aromatic rings. The summed E-state index contributed by atoms with van der Waals surface area (Å²) >= 11 is 0. The molecule has 0 spiro atoms.